The van der Waals surface area contributed by atoms with E-state index in [0.29, 0.717) is 40.7 Å². The van der Waals surface area contributed by atoms with Crippen LogP contribution in [0.3, 0.4) is 0 Å². The minimum atomic E-state index is -0.485. The van der Waals surface area contributed by atoms with Gasteiger partial charge in [0.05, 0.1) is 25.5 Å². The maximum Gasteiger partial charge on any atom is 0.255 e. The molecule has 1 heterocycles. The fourth-order valence-electron chi connectivity index (χ4n) is 3.31. The number of aliphatic hydroxyl groups is 1. The Hall–Kier alpha value is -3.32. The molecule has 0 unspecified atom stereocenters. The molecule has 3 aromatic rings. The molecule has 0 bridgehead atoms. The second kappa shape index (κ2) is 9.22. The van der Waals surface area contributed by atoms with Gasteiger partial charge in [-0.25, -0.2) is 4.39 Å². The summed E-state index contributed by atoms with van der Waals surface area (Å²) in [5, 5.41) is 12.3. The third kappa shape index (κ3) is 4.88. The highest BCUT2D eigenvalue weighted by atomic mass is 19.1. The number of hydrogen-bond acceptors (Lipinski definition) is 5. The van der Waals surface area contributed by atoms with Crippen LogP contribution in [0.2, 0.25) is 0 Å². The van der Waals surface area contributed by atoms with Crippen molar-refractivity contribution in [2.24, 2.45) is 5.92 Å². The number of rotatable bonds is 9. The summed E-state index contributed by atoms with van der Waals surface area (Å²) in [5.74, 6) is 0.778. The lowest BCUT2D eigenvalue weighted by Gasteiger charge is -2.14. The quantitative estimate of drug-likeness (QED) is 0.534. The smallest absolute Gasteiger partial charge is 0.255 e. The summed E-state index contributed by atoms with van der Waals surface area (Å²) in [4.78, 5) is 13.0. The Morgan fingerprint density at radius 1 is 1.19 bits per heavy atom. The lowest BCUT2D eigenvalue weighted by Crippen LogP contribution is -2.24. The van der Waals surface area contributed by atoms with Gasteiger partial charge in [-0.15, -0.1) is 0 Å². The number of halogens is 1. The van der Waals surface area contributed by atoms with E-state index in [1.165, 1.54) is 25.5 Å². The van der Waals surface area contributed by atoms with Crippen molar-refractivity contribution in [1.29, 1.82) is 0 Å². The van der Waals surface area contributed by atoms with Gasteiger partial charge in [-0.05, 0) is 60.2 Å². The Kier molecular flexibility index (Phi) is 6.23. The lowest BCUT2D eigenvalue weighted by molar-refractivity contribution is 0.0946. The zero-order chi connectivity index (χ0) is 21.8. The molecule has 0 spiro atoms. The molecule has 7 heteroatoms. The van der Waals surface area contributed by atoms with Gasteiger partial charge >= 0.3 is 0 Å². The predicted octanol–water partition coefficient (Wildman–Crippen LogP) is 4.31. The van der Waals surface area contributed by atoms with Crippen LogP contribution in [0.1, 0.15) is 34.5 Å². The zero-order valence-electron chi connectivity index (χ0n) is 17.2. The number of carbonyl (C=O) groups is 1. The first-order valence-corrected chi connectivity index (χ1v) is 10.1. The molecule has 1 amide bonds. The first-order chi connectivity index (χ1) is 15.1. The molecule has 1 aliphatic rings. The van der Waals surface area contributed by atoms with E-state index < -0.39 is 5.82 Å². The van der Waals surface area contributed by atoms with Gasteiger partial charge in [-0.2, -0.15) is 0 Å². The van der Waals surface area contributed by atoms with Gasteiger partial charge in [0.2, 0.25) is 0 Å². The third-order valence-corrected chi connectivity index (χ3v) is 5.26. The second-order valence-electron chi connectivity index (χ2n) is 7.53. The summed E-state index contributed by atoms with van der Waals surface area (Å²) in [5.41, 5.74) is 2.43. The molecule has 1 aromatic heterocycles. The van der Waals surface area contributed by atoms with Gasteiger partial charge in [0.15, 0.2) is 11.6 Å². The Morgan fingerprint density at radius 2 is 2.00 bits per heavy atom. The Labute approximate surface area is 179 Å². The number of benzene rings is 2. The van der Waals surface area contributed by atoms with E-state index in [9.17, 15) is 14.3 Å². The topological polar surface area (TPSA) is 80.9 Å². The van der Waals surface area contributed by atoms with E-state index in [4.69, 9.17) is 13.9 Å². The summed E-state index contributed by atoms with van der Waals surface area (Å²) in [6.45, 7) is 0.476. The maximum absolute atomic E-state index is 13.9. The van der Waals surface area contributed by atoms with Crippen molar-refractivity contribution in [3.05, 3.63) is 71.4 Å². The zero-order valence-corrected chi connectivity index (χ0v) is 17.2. The molecule has 0 atom stereocenters. The molecule has 4 rings (SSSR count). The van der Waals surface area contributed by atoms with Crippen LogP contribution >= 0.6 is 0 Å². The largest absolute Gasteiger partial charge is 0.494 e. The summed E-state index contributed by atoms with van der Waals surface area (Å²) >= 11 is 0. The van der Waals surface area contributed by atoms with Gasteiger partial charge < -0.3 is 24.3 Å². The van der Waals surface area contributed by atoms with Crippen molar-refractivity contribution >= 4 is 5.91 Å². The summed E-state index contributed by atoms with van der Waals surface area (Å²) in [6, 6.07) is 11.6. The minimum Gasteiger partial charge on any atom is -0.494 e. The van der Waals surface area contributed by atoms with E-state index >= 15 is 0 Å². The number of furan rings is 1. The van der Waals surface area contributed by atoms with E-state index in [1.807, 2.05) is 6.07 Å². The molecule has 1 fully saturated rings. The number of nitrogens with one attached hydrogen (secondary N) is 1. The molecule has 6 nitrogen and oxygen atoms in total. The Balaban J connectivity index is 1.56. The standard InChI is InChI=1S/C24H24FNO5/c1-29-22-6-4-16(10-20(22)25)12-26-24(28)19-11-17(18-8-9-30-23(18)13-27)5-7-21(19)31-14-15-2-3-15/h4-11,15,27H,2-3,12-14H2,1H3,(H,26,28). The average molecular weight is 425 g/mol. The van der Waals surface area contributed by atoms with Crippen LogP contribution in [-0.2, 0) is 13.2 Å². The molecule has 1 aliphatic carbocycles. The Bertz CT molecular complexity index is 1070. The highest BCUT2D eigenvalue weighted by Crippen LogP contribution is 2.33. The molecule has 31 heavy (non-hydrogen) atoms. The van der Waals surface area contributed by atoms with Crippen LogP contribution in [-0.4, -0.2) is 24.7 Å². The number of amides is 1. The highest BCUT2D eigenvalue weighted by Gasteiger charge is 2.23. The first-order valence-electron chi connectivity index (χ1n) is 10.1. The van der Waals surface area contributed by atoms with Gasteiger partial charge in [0.1, 0.15) is 18.1 Å². The fraction of sp³-hybridized carbons (Fsp3) is 0.292. The molecule has 0 aliphatic heterocycles. The molecule has 162 valence electrons. The lowest BCUT2D eigenvalue weighted by atomic mass is 10.0. The Morgan fingerprint density at radius 3 is 2.71 bits per heavy atom. The number of ether oxygens (including phenoxy) is 2. The number of hydrogen-bond donors (Lipinski definition) is 2. The maximum atomic E-state index is 13.9. The number of methoxy groups -OCH3 is 1. The summed E-state index contributed by atoms with van der Waals surface area (Å²) < 4.78 is 30.1. The normalized spacial score (nSPS) is 13.1. The molecular formula is C24H24FNO5. The van der Waals surface area contributed by atoms with E-state index in [2.05, 4.69) is 5.32 Å². The van der Waals surface area contributed by atoms with Crippen LogP contribution in [0.5, 0.6) is 11.5 Å². The van der Waals surface area contributed by atoms with Crippen molar-refractivity contribution in [1.82, 2.24) is 5.32 Å². The monoisotopic (exact) mass is 425 g/mol. The third-order valence-electron chi connectivity index (χ3n) is 5.26. The highest BCUT2D eigenvalue weighted by molar-refractivity contribution is 5.98. The molecule has 0 saturated heterocycles. The van der Waals surface area contributed by atoms with E-state index in [1.54, 1.807) is 24.3 Å². The summed E-state index contributed by atoms with van der Waals surface area (Å²) in [7, 11) is 1.40. The van der Waals surface area contributed by atoms with Gasteiger partial charge in [0.25, 0.3) is 5.91 Å². The van der Waals surface area contributed by atoms with Gasteiger partial charge in [0, 0.05) is 12.1 Å². The minimum absolute atomic E-state index is 0.151. The number of aliphatic hydroxyl groups excluding tert-OH is 1. The van der Waals surface area contributed by atoms with Crippen molar-refractivity contribution in [3.8, 4) is 22.6 Å². The van der Waals surface area contributed by atoms with Crippen molar-refractivity contribution in [2.45, 2.75) is 26.0 Å². The average Bonchev–Trinajstić information content (AvgIpc) is 3.50. The predicted molar refractivity (Wildman–Crippen MR) is 112 cm³/mol. The van der Waals surface area contributed by atoms with Crippen LogP contribution in [0.4, 0.5) is 4.39 Å². The van der Waals surface area contributed by atoms with Crippen LogP contribution in [0.15, 0.2) is 53.1 Å². The fourth-order valence-corrected chi connectivity index (χ4v) is 3.31. The van der Waals surface area contributed by atoms with Crippen LogP contribution in [0.25, 0.3) is 11.1 Å². The second-order valence-corrected chi connectivity index (χ2v) is 7.53. The van der Waals surface area contributed by atoms with Gasteiger partial charge in [-0.3, -0.25) is 4.79 Å². The molecule has 2 N–H and O–H groups in total. The molecular weight excluding hydrogens is 401 g/mol. The summed E-state index contributed by atoms with van der Waals surface area (Å²) in [6.07, 6.45) is 3.77. The van der Waals surface area contributed by atoms with Crippen molar-refractivity contribution < 1.29 is 28.2 Å². The SMILES string of the molecule is COc1ccc(CNC(=O)c2cc(-c3ccoc3CO)ccc2OCC2CC2)cc1F. The number of carbonyl (C=O) groups excluding carboxylic acids is 1. The van der Waals surface area contributed by atoms with Crippen molar-refractivity contribution in [3.63, 3.8) is 0 Å². The van der Waals surface area contributed by atoms with E-state index in [0.717, 1.165) is 18.4 Å². The van der Waals surface area contributed by atoms with Crippen LogP contribution < -0.4 is 14.8 Å². The van der Waals surface area contributed by atoms with Crippen LogP contribution in [0, 0.1) is 11.7 Å². The molecule has 2 aromatic carbocycles. The molecule has 1 saturated carbocycles. The first kappa shape index (κ1) is 20.9. The van der Waals surface area contributed by atoms with Gasteiger partial charge in [-0.1, -0.05) is 12.1 Å². The molecule has 0 radical (unpaired) electrons. The van der Waals surface area contributed by atoms with Crippen molar-refractivity contribution in [2.75, 3.05) is 13.7 Å². The van der Waals surface area contributed by atoms with E-state index in [-0.39, 0.29) is 24.8 Å².